The van der Waals surface area contributed by atoms with Crippen LogP contribution in [-0.4, -0.2) is 58.4 Å². The minimum Gasteiger partial charge on any atom is -0.482 e. The van der Waals surface area contributed by atoms with Crippen molar-refractivity contribution in [1.29, 1.82) is 0 Å². The van der Waals surface area contributed by atoms with Gasteiger partial charge in [-0.25, -0.2) is 4.79 Å². The van der Waals surface area contributed by atoms with Gasteiger partial charge in [0.25, 0.3) is 0 Å². The number of carboxylic acid groups (broad SMARTS) is 1. The molecule has 1 unspecified atom stereocenters. The highest BCUT2D eigenvalue weighted by molar-refractivity contribution is 5.68. The first-order chi connectivity index (χ1) is 12.7. The van der Waals surface area contributed by atoms with Crippen LogP contribution in [0.25, 0.3) is 0 Å². The lowest BCUT2D eigenvalue weighted by Crippen LogP contribution is -2.45. The lowest BCUT2D eigenvalue weighted by molar-refractivity contribution is -0.139. The summed E-state index contributed by atoms with van der Waals surface area (Å²) in [6.45, 7) is 2.85. The SMILES string of the molecule is O=C(O)COc1ccc(CN2CCOCC2CCc2cnccn2)cc1. The second kappa shape index (κ2) is 9.26. The van der Waals surface area contributed by atoms with Crippen LogP contribution in [0, 0.1) is 0 Å². The van der Waals surface area contributed by atoms with Crippen LogP contribution in [0.5, 0.6) is 5.75 Å². The zero-order valence-corrected chi connectivity index (χ0v) is 14.6. The Morgan fingerprint density at radius 1 is 1.31 bits per heavy atom. The number of hydrogen-bond donors (Lipinski definition) is 1. The maximum atomic E-state index is 10.6. The summed E-state index contributed by atoms with van der Waals surface area (Å²) in [4.78, 5) is 21.4. The van der Waals surface area contributed by atoms with E-state index in [1.807, 2.05) is 30.5 Å². The smallest absolute Gasteiger partial charge is 0.341 e. The molecule has 1 aromatic carbocycles. The van der Waals surface area contributed by atoms with E-state index in [4.69, 9.17) is 14.6 Å². The number of aromatic nitrogens is 2. The quantitative estimate of drug-likeness (QED) is 0.771. The van der Waals surface area contributed by atoms with E-state index in [1.54, 1.807) is 12.4 Å². The fourth-order valence-corrected chi connectivity index (χ4v) is 3.01. The van der Waals surface area contributed by atoms with E-state index in [1.165, 1.54) is 5.56 Å². The van der Waals surface area contributed by atoms with Crippen LogP contribution < -0.4 is 4.74 Å². The molecule has 7 nitrogen and oxygen atoms in total. The lowest BCUT2D eigenvalue weighted by atomic mass is 10.1. The van der Waals surface area contributed by atoms with E-state index < -0.39 is 5.97 Å². The molecule has 2 heterocycles. The zero-order valence-electron chi connectivity index (χ0n) is 14.6. The largest absolute Gasteiger partial charge is 0.482 e. The van der Waals surface area contributed by atoms with E-state index in [9.17, 15) is 4.79 Å². The van der Waals surface area contributed by atoms with Gasteiger partial charge >= 0.3 is 5.97 Å². The number of nitrogens with zero attached hydrogens (tertiary/aromatic N) is 3. The van der Waals surface area contributed by atoms with E-state index >= 15 is 0 Å². The Balaban J connectivity index is 1.55. The molecule has 1 N–H and O–H groups in total. The van der Waals surface area contributed by atoms with Crippen molar-refractivity contribution in [3.63, 3.8) is 0 Å². The highest BCUT2D eigenvalue weighted by Gasteiger charge is 2.23. The number of carboxylic acids is 1. The van der Waals surface area contributed by atoms with Crippen molar-refractivity contribution in [1.82, 2.24) is 14.9 Å². The van der Waals surface area contributed by atoms with Gasteiger partial charge in [0, 0.05) is 37.7 Å². The summed E-state index contributed by atoms with van der Waals surface area (Å²) in [6, 6.07) is 7.92. The zero-order chi connectivity index (χ0) is 18.2. The minimum atomic E-state index is -0.978. The first-order valence-corrected chi connectivity index (χ1v) is 8.71. The fraction of sp³-hybridized carbons (Fsp3) is 0.421. The molecule has 0 aliphatic carbocycles. The van der Waals surface area contributed by atoms with Crippen molar-refractivity contribution in [2.45, 2.75) is 25.4 Å². The first-order valence-electron chi connectivity index (χ1n) is 8.71. The molecule has 3 rings (SSSR count). The molecule has 0 spiro atoms. The van der Waals surface area contributed by atoms with Gasteiger partial charge in [-0.1, -0.05) is 12.1 Å². The third kappa shape index (κ3) is 5.50. The molecular weight excluding hydrogens is 334 g/mol. The number of carbonyl (C=O) groups is 1. The highest BCUT2D eigenvalue weighted by Crippen LogP contribution is 2.18. The molecule has 0 amide bonds. The summed E-state index contributed by atoms with van der Waals surface area (Å²) in [5.41, 5.74) is 2.16. The van der Waals surface area contributed by atoms with Crippen molar-refractivity contribution in [3.05, 3.63) is 54.1 Å². The number of aryl methyl sites for hydroxylation is 1. The van der Waals surface area contributed by atoms with E-state index in [-0.39, 0.29) is 6.61 Å². The summed E-state index contributed by atoms with van der Waals surface area (Å²) in [6.07, 6.45) is 7.06. The van der Waals surface area contributed by atoms with Gasteiger partial charge in [0.2, 0.25) is 0 Å². The Kier molecular flexibility index (Phi) is 6.51. The molecule has 7 heteroatoms. The average Bonchev–Trinajstić information content (AvgIpc) is 2.67. The third-order valence-electron chi connectivity index (χ3n) is 4.37. The molecule has 1 aliphatic rings. The van der Waals surface area contributed by atoms with Crippen LogP contribution in [0.1, 0.15) is 17.7 Å². The normalized spacial score (nSPS) is 17.8. The molecule has 26 heavy (non-hydrogen) atoms. The summed E-state index contributed by atoms with van der Waals surface area (Å²) < 4.78 is 10.8. The Morgan fingerprint density at radius 2 is 2.15 bits per heavy atom. The van der Waals surface area contributed by atoms with Gasteiger partial charge in [-0.3, -0.25) is 14.9 Å². The summed E-state index contributed by atoms with van der Waals surface area (Å²) in [5.74, 6) is -0.411. The van der Waals surface area contributed by atoms with Crippen LogP contribution in [0.4, 0.5) is 0 Å². The molecule has 0 bridgehead atoms. The Labute approximate surface area is 152 Å². The molecule has 1 saturated heterocycles. The van der Waals surface area contributed by atoms with Crippen molar-refractivity contribution >= 4 is 5.97 Å². The van der Waals surface area contributed by atoms with Gasteiger partial charge in [-0.15, -0.1) is 0 Å². The monoisotopic (exact) mass is 357 g/mol. The third-order valence-corrected chi connectivity index (χ3v) is 4.37. The molecule has 2 aromatic rings. The van der Waals surface area contributed by atoms with Crippen molar-refractivity contribution in [2.75, 3.05) is 26.4 Å². The van der Waals surface area contributed by atoms with E-state index in [2.05, 4.69) is 14.9 Å². The summed E-state index contributed by atoms with van der Waals surface area (Å²) in [5, 5.41) is 8.66. The molecular formula is C19H23N3O4. The first kappa shape index (κ1) is 18.3. The number of benzene rings is 1. The maximum Gasteiger partial charge on any atom is 0.341 e. The summed E-state index contributed by atoms with van der Waals surface area (Å²) >= 11 is 0. The topological polar surface area (TPSA) is 84.8 Å². The molecule has 1 aliphatic heterocycles. The Hall–Kier alpha value is -2.51. The predicted molar refractivity (Wildman–Crippen MR) is 94.9 cm³/mol. The number of morpholine rings is 1. The van der Waals surface area contributed by atoms with Crippen LogP contribution >= 0.6 is 0 Å². The Bertz CT molecular complexity index is 694. The van der Waals surface area contributed by atoms with Crippen LogP contribution in [0.2, 0.25) is 0 Å². The lowest BCUT2D eigenvalue weighted by Gasteiger charge is -2.35. The number of aliphatic carboxylic acids is 1. The van der Waals surface area contributed by atoms with Gasteiger partial charge in [0.1, 0.15) is 5.75 Å². The second-order valence-electron chi connectivity index (χ2n) is 6.26. The van der Waals surface area contributed by atoms with Gasteiger partial charge in [-0.05, 0) is 30.5 Å². The number of ether oxygens (including phenoxy) is 2. The summed E-state index contributed by atoms with van der Waals surface area (Å²) in [7, 11) is 0. The molecule has 1 atom stereocenters. The number of rotatable bonds is 8. The second-order valence-corrected chi connectivity index (χ2v) is 6.26. The van der Waals surface area contributed by atoms with Gasteiger partial charge in [0.15, 0.2) is 6.61 Å². The fourth-order valence-electron chi connectivity index (χ4n) is 3.01. The number of hydrogen-bond acceptors (Lipinski definition) is 6. The highest BCUT2D eigenvalue weighted by atomic mass is 16.5. The van der Waals surface area contributed by atoms with Gasteiger partial charge in [-0.2, -0.15) is 0 Å². The van der Waals surface area contributed by atoms with Crippen molar-refractivity contribution in [3.8, 4) is 5.75 Å². The van der Waals surface area contributed by atoms with Crippen molar-refractivity contribution in [2.24, 2.45) is 0 Å². The van der Waals surface area contributed by atoms with Crippen LogP contribution in [0.3, 0.4) is 0 Å². The maximum absolute atomic E-state index is 10.6. The molecule has 0 radical (unpaired) electrons. The van der Waals surface area contributed by atoms with Crippen LogP contribution in [0.15, 0.2) is 42.9 Å². The van der Waals surface area contributed by atoms with E-state index in [0.717, 1.165) is 44.8 Å². The van der Waals surface area contributed by atoms with Crippen molar-refractivity contribution < 1.29 is 19.4 Å². The van der Waals surface area contributed by atoms with Gasteiger partial charge < -0.3 is 14.6 Å². The molecule has 0 saturated carbocycles. The molecule has 1 fully saturated rings. The standard InChI is InChI=1S/C19H23N3O4/c23-19(24)14-26-18-5-1-15(2-6-18)12-22-9-10-25-13-17(22)4-3-16-11-20-7-8-21-16/h1-2,5-8,11,17H,3-4,9-10,12-14H2,(H,23,24). The van der Waals surface area contributed by atoms with E-state index in [0.29, 0.717) is 11.8 Å². The molecule has 1 aromatic heterocycles. The van der Waals surface area contributed by atoms with Crippen LogP contribution in [-0.2, 0) is 22.5 Å². The Morgan fingerprint density at radius 3 is 2.88 bits per heavy atom. The molecule has 138 valence electrons. The van der Waals surface area contributed by atoms with Gasteiger partial charge in [0.05, 0.1) is 18.9 Å². The minimum absolute atomic E-state index is 0.326. The predicted octanol–water partition coefficient (Wildman–Crippen LogP) is 1.77. The average molecular weight is 357 g/mol.